The SMILES string of the molecule is CN(C)[C@@H]1Cc2ccccc2[C@H](c2cccc(-c3cccs3)c2)C1. The summed E-state index contributed by atoms with van der Waals surface area (Å²) in [4.78, 5) is 3.73. The zero-order chi connectivity index (χ0) is 16.5. The minimum atomic E-state index is 0.488. The highest BCUT2D eigenvalue weighted by atomic mass is 32.1. The summed E-state index contributed by atoms with van der Waals surface area (Å²) in [5.74, 6) is 0.488. The molecule has 0 saturated carbocycles. The lowest BCUT2D eigenvalue weighted by atomic mass is 9.76. The first-order valence-electron chi connectivity index (χ1n) is 8.60. The molecule has 0 amide bonds. The lowest BCUT2D eigenvalue weighted by Gasteiger charge is -2.35. The topological polar surface area (TPSA) is 3.24 Å². The fourth-order valence-corrected chi connectivity index (χ4v) is 4.58. The van der Waals surface area contributed by atoms with Crippen molar-refractivity contribution in [3.63, 3.8) is 0 Å². The molecule has 122 valence electrons. The Morgan fingerprint density at radius 3 is 2.62 bits per heavy atom. The van der Waals surface area contributed by atoms with Gasteiger partial charge in [0.25, 0.3) is 0 Å². The first-order chi connectivity index (χ1) is 11.7. The molecule has 1 nitrogen and oxygen atoms in total. The first kappa shape index (κ1) is 15.6. The van der Waals surface area contributed by atoms with Gasteiger partial charge in [0, 0.05) is 16.8 Å². The summed E-state index contributed by atoms with van der Waals surface area (Å²) in [5.41, 5.74) is 5.81. The molecule has 0 fully saturated rings. The maximum Gasteiger partial charge on any atom is 0.0342 e. The molecule has 0 bridgehead atoms. The molecule has 2 heteroatoms. The van der Waals surface area contributed by atoms with Gasteiger partial charge in [-0.05, 0) is 66.7 Å². The molecule has 2 atom stereocenters. The minimum Gasteiger partial charge on any atom is -0.306 e. The lowest BCUT2D eigenvalue weighted by molar-refractivity contribution is 0.258. The monoisotopic (exact) mass is 333 g/mol. The molecule has 0 radical (unpaired) electrons. The summed E-state index contributed by atoms with van der Waals surface area (Å²) in [6, 6.07) is 23.1. The number of benzene rings is 2. The Morgan fingerprint density at radius 2 is 1.83 bits per heavy atom. The molecule has 3 aromatic rings. The second-order valence-corrected chi connectivity index (χ2v) is 7.86. The second kappa shape index (κ2) is 6.54. The molecule has 0 unspecified atom stereocenters. The fourth-order valence-electron chi connectivity index (χ4n) is 3.86. The van der Waals surface area contributed by atoms with Crippen LogP contribution in [0.1, 0.15) is 29.0 Å². The van der Waals surface area contributed by atoms with E-state index in [-0.39, 0.29) is 0 Å². The lowest BCUT2D eigenvalue weighted by Crippen LogP contribution is -2.35. The van der Waals surface area contributed by atoms with E-state index < -0.39 is 0 Å². The fraction of sp³-hybridized carbons (Fsp3) is 0.273. The highest BCUT2D eigenvalue weighted by Crippen LogP contribution is 2.39. The maximum absolute atomic E-state index is 2.39. The van der Waals surface area contributed by atoms with Gasteiger partial charge in [0.15, 0.2) is 0 Å². The average molecular weight is 334 g/mol. The van der Waals surface area contributed by atoms with Crippen LogP contribution >= 0.6 is 11.3 Å². The van der Waals surface area contributed by atoms with Crippen LogP contribution in [0.5, 0.6) is 0 Å². The van der Waals surface area contributed by atoms with Crippen molar-refractivity contribution in [2.45, 2.75) is 24.8 Å². The second-order valence-electron chi connectivity index (χ2n) is 6.91. The molecule has 1 aliphatic carbocycles. The van der Waals surface area contributed by atoms with Crippen LogP contribution < -0.4 is 0 Å². The zero-order valence-electron chi connectivity index (χ0n) is 14.3. The molecule has 0 spiro atoms. The minimum absolute atomic E-state index is 0.488. The predicted octanol–water partition coefficient (Wildman–Crippen LogP) is 5.42. The highest BCUT2D eigenvalue weighted by Gasteiger charge is 2.29. The van der Waals surface area contributed by atoms with Gasteiger partial charge in [-0.25, -0.2) is 0 Å². The van der Waals surface area contributed by atoms with E-state index in [0.717, 1.165) is 6.42 Å². The standard InChI is InChI=1S/C22H23NS/c1-23(2)19-14-17-7-3-4-10-20(17)21(15-19)16-8-5-9-18(13-16)22-11-6-12-24-22/h3-13,19,21H,14-15H2,1-2H3/t19-,21+/m1/s1. The molecule has 1 aromatic heterocycles. The maximum atomic E-state index is 2.39. The van der Waals surface area contributed by atoms with Crippen molar-refractivity contribution in [1.82, 2.24) is 4.90 Å². The van der Waals surface area contributed by atoms with Crippen LogP contribution in [-0.2, 0) is 6.42 Å². The number of hydrogen-bond acceptors (Lipinski definition) is 2. The van der Waals surface area contributed by atoms with Gasteiger partial charge in [0.1, 0.15) is 0 Å². The first-order valence-corrected chi connectivity index (χ1v) is 9.48. The van der Waals surface area contributed by atoms with Crippen LogP contribution in [-0.4, -0.2) is 25.0 Å². The van der Waals surface area contributed by atoms with Gasteiger partial charge < -0.3 is 4.90 Å². The Bertz CT molecular complexity index is 820. The van der Waals surface area contributed by atoms with Crippen LogP contribution in [0.25, 0.3) is 10.4 Å². The van der Waals surface area contributed by atoms with Crippen molar-refractivity contribution in [1.29, 1.82) is 0 Å². The van der Waals surface area contributed by atoms with E-state index in [1.165, 1.54) is 33.6 Å². The van der Waals surface area contributed by atoms with E-state index in [1.807, 2.05) is 11.3 Å². The summed E-state index contributed by atoms with van der Waals surface area (Å²) in [6.07, 6.45) is 2.35. The Balaban J connectivity index is 1.76. The van der Waals surface area contributed by atoms with Crippen molar-refractivity contribution in [3.05, 3.63) is 82.7 Å². The van der Waals surface area contributed by atoms with Crippen LogP contribution in [0.4, 0.5) is 0 Å². The van der Waals surface area contributed by atoms with Crippen LogP contribution in [0, 0.1) is 0 Å². The zero-order valence-corrected chi connectivity index (χ0v) is 15.1. The third-order valence-corrected chi connectivity index (χ3v) is 6.14. The molecule has 0 saturated heterocycles. The van der Waals surface area contributed by atoms with E-state index in [4.69, 9.17) is 0 Å². The number of nitrogens with zero attached hydrogens (tertiary/aromatic N) is 1. The van der Waals surface area contributed by atoms with E-state index >= 15 is 0 Å². The molecule has 4 rings (SSSR count). The Kier molecular flexibility index (Phi) is 4.26. The third kappa shape index (κ3) is 2.92. The summed E-state index contributed by atoms with van der Waals surface area (Å²) >= 11 is 1.81. The largest absolute Gasteiger partial charge is 0.306 e. The van der Waals surface area contributed by atoms with Gasteiger partial charge in [0.05, 0.1) is 0 Å². The van der Waals surface area contributed by atoms with Crippen LogP contribution in [0.15, 0.2) is 66.0 Å². The van der Waals surface area contributed by atoms with Crippen molar-refractivity contribution in [2.75, 3.05) is 14.1 Å². The van der Waals surface area contributed by atoms with Crippen molar-refractivity contribution >= 4 is 11.3 Å². The Hall–Kier alpha value is -1.90. The van der Waals surface area contributed by atoms with Gasteiger partial charge in [-0.3, -0.25) is 0 Å². The molecule has 0 N–H and O–H groups in total. The Labute approximate surface area is 148 Å². The van der Waals surface area contributed by atoms with Gasteiger partial charge >= 0.3 is 0 Å². The van der Waals surface area contributed by atoms with E-state index in [2.05, 4.69) is 85.0 Å². The number of likely N-dealkylation sites (N-methyl/N-ethyl adjacent to an activating group) is 1. The Morgan fingerprint density at radius 1 is 0.958 bits per heavy atom. The molecule has 1 aliphatic rings. The summed E-state index contributed by atoms with van der Waals surface area (Å²) in [7, 11) is 4.41. The summed E-state index contributed by atoms with van der Waals surface area (Å²) in [5, 5.41) is 2.15. The van der Waals surface area contributed by atoms with Gasteiger partial charge in [0.2, 0.25) is 0 Å². The molecule has 24 heavy (non-hydrogen) atoms. The van der Waals surface area contributed by atoms with E-state index in [0.29, 0.717) is 12.0 Å². The number of fused-ring (bicyclic) bond motifs is 1. The van der Waals surface area contributed by atoms with Crippen LogP contribution in [0.2, 0.25) is 0 Å². The molecule has 1 heterocycles. The average Bonchev–Trinajstić information content (AvgIpc) is 3.15. The van der Waals surface area contributed by atoms with Crippen molar-refractivity contribution < 1.29 is 0 Å². The third-order valence-electron chi connectivity index (χ3n) is 5.22. The number of thiophene rings is 1. The van der Waals surface area contributed by atoms with E-state index in [1.54, 1.807) is 0 Å². The molecular formula is C22H23NS. The van der Waals surface area contributed by atoms with E-state index in [9.17, 15) is 0 Å². The highest BCUT2D eigenvalue weighted by molar-refractivity contribution is 7.13. The normalized spacial score (nSPS) is 20.1. The van der Waals surface area contributed by atoms with Crippen LogP contribution in [0.3, 0.4) is 0 Å². The molecule has 2 aromatic carbocycles. The number of hydrogen-bond donors (Lipinski definition) is 0. The summed E-state index contributed by atoms with van der Waals surface area (Å²) < 4.78 is 0. The predicted molar refractivity (Wildman–Crippen MR) is 104 cm³/mol. The van der Waals surface area contributed by atoms with Gasteiger partial charge in [-0.2, -0.15) is 0 Å². The van der Waals surface area contributed by atoms with Crippen molar-refractivity contribution in [3.8, 4) is 10.4 Å². The van der Waals surface area contributed by atoms with Gasteiger partial charge in [-0.15, -0.1) is 11.3 Å². The van der Waals surface area contributed by atoms with Gasteiger partial charge in [-0.1, -0.05) is 48.5 Å². The number of rotatable bonds is 3. The molecule has 0 aliphatic heterocycles. The summed E-state index contributed by atoms with van der Waals surface area (Å²) in [6.45, 7) is 0. The molecular weight excluding hydrogens is 310 g/mol. The van der Waals surface area contributed by atoms with Crippen molar-refractivity contribution in [2.24, 2.45) is 0 Å². The quantitative estimate of drug-likeness (QED) is 0.618. The smallest absolute Gasteiger partial charge is 0.0342 e.